The van der Waals surface area contributed by atoms with Gasteiger partial charge in [0.2, 0.25) is 0 Å². The van der Waals surface area contributed by atoms with E-state index in [1.54, 1.807) is 0 Å². The minimum atomic E-state index is -6.08. The van der Waals surface area contributed by atoms with Gasteiger partial charge in [-0.1, -0.05) is 11.6 Å². The highest BCUT2D eigenvalue weighted by atomic mass is 35.5. The maximum atomic E-state index is 13.3. The van der Waals surface area contributed by atoms with Crippen LogP contribution >= 0.6 is 11.6 Å². The molecule has 0 unspecified atom stereocenters. The van der Waals surface area contributed by atoms with Crippen molar-refractivity contribution >= 4 is 17.3 Å². The second-order valence-corrected chi connectivity index (χ2v) is 5.54. The topological polar surface area (TPSA) is 87.3 Å². The van der Waals surface area contributed by atoms with Gasteiger partial charge in [-0.3, -0.25) is 19.5 Å². The Morgan fingerprint density at radius 2 is 1.66 bits per heavy atom. The highest BCUT2D eigenvalue weighted by molar-refractivity contribution is 6.33. The van der Waals surface area contributed by atoms with Gasteiger partial charge in [0.15, 0.2) is 0 Å². The van der Waals surface area contributed by atoms with Crippen molar-refractivity contribution in [2.45, 2.75) is 18.5 Å². The molecule has 2 rings (SSSR count). The molecule has 1 heterocycles. The predicted molar refractivity (Wildman–Crippen MR) is 78.1 cm³/mol. The molecule has 2 aromatic rings. The summed E-state index contributed by atoms with van der Waals surface area (Å²) in [5.74, 6) is -6.65. The third-order valence-corrected chi connectivity index (χ3v) is 3.46. The molecule has 0 bridgehead atoms. The van der Waals surface area contributed by atoms with Crippen molar-refractivity contribution < 1.29 is 44.8 Å². The number of rotatable bonds is 4. The van der Waals surface area contributed by atoms with E-state index >= 15 is 0 Å². The van der Waals surface area contributed by atoms with Gasteiger partial charge in [-0.25, -0.2) is 4.98 Å². The fourth-order valence-electron chi connectivity index (χ4n) is 2.02. The zero-order chi connectivity index (χ0) is 22.4. The minimum Gasteiger partial charge on any atom is -0.405 e. The number of aromatic nitrogens is 2. The number of nitro benzene ring substituents is 1. The first-order chi connectivity index (χ1) is 13.0. The van der Waals surface area contributed by atoms with Gasteiger partial charge in [0.1, 0.15) is 23.5 Å². The molecule has 16 heteroatoms. The van der Waals surface area contributed by atoms with E-state index in [1.807, 2.05) is 0 Å². The molecule has 0 spiro atoms. The highest BCUT2D eigenvalue weighted by Crippen LogP contribution is 2.42. The first-order valence-electron chi connectivity index (χ1n) is 6.82. The molecule has 1 aromatic heterocycles. The van der Waals surface area contributed by atoms with E-state index in [0.29, 0.717) is 6.07 Å². The van der Waals surface area contributed by atoms with Gasteiger partial charge in [-0.05, 0) is 0 Å². The molecule has 0 amide bonds. The number of benzene rings is 1. The fourth-order valence-corrected chi connectivity index (χ4v) is 2.31. The normalized spacial score (nSPS) is 12.7. The van der Waals surface area contributed by atoms with Gasteiger partial charge < -0.3 is 4.74 Å². The summed E-state index contributed by atoms with van der Waals surface area (Å²) in [6.45, 7) is 0. The summed E-state index contributed by atoms with van der Waals surface area (Å²) in [5, 5.41) is 10.3. The van der Waals surface area contributed by atoms with Gasteiger partial charge in [0, 0.05) is 12.1 Å². The number of nitrogens with zero attached hydrogens (tertiary/aromatic N) is 3. The van der Waals surface area contributed by atoms with Gasteiger partial charge in [-0.2, -0.15) is 22.0 Å². The van der Waals surface area contributed by atoms with Crippen LogP contribution in [-0.2, 0) is 5.92 Å². The van der Waals surface area contributed by atoms with Crippen LogP contribution in [0.25, 0.3) is 5.69 Å². The maximum absolute atomic E-state index is 13.3. The number of hydrogen-bond donors (Lipinski definition) is 0. The van der Waals surface area contributed by atoms with Crippen molar-refractivity contribution in [3.05, 3.63) is 55.7 Å². The molecule has 29 heavy (non-hydrogen) atoms. The van der Waals surface area contributed by atoms with Crippen molar-refractivity contribution in [3.8, 4) is 11.4 Å². The largest absolute Gasteiger partial charge is 0.573 e. The molecule has 158 valence electrons. The Balaban J connectivity index is 2.66. The first kappa shape index (κ1) is 22.3. The number of nitro groups is 1. The van der Waals surface area contributed by atoms with Crippen LogP contribution in [0.5, 0.6) is 5.75 Å². The van der Waals surface area contributed by atoms with Crippen molar-refractivity contribution in [2.75, 3.05) is 0 Å². The van der Waals surface area contributed by atoms with Crippen LogP contribution in [-0.4, -0.2) is 27.0 Å². The summed E-state index contributed by atoms with van der Waals surface area (Å²) in [6.07, 6.45) is -11.2. The van der Waals surface area contributed by atoms with Crippen LogP contribution in [0.1, 0.15) is 5.69 Å². The fraction of sp³-hybridized carbons (Fsp3) is 0.231. The Kier molecular flexibility index (Phi) is 5.49. The summed E-state index contributed by atoms with van der Waals surface area (Å²) in [7, 11) is 0. The highest BCUT2D eigenvalue weighted by Gasteiger charge is 2.60. The van der Waals surface area contributed by atoms with Crippen LogP contribution in [0.4, 0.5) is 40.8 Å². The zero-order valence-corrected chi connectivity index (χ0v) is 13.9. The molecule has 1 aromatic carbocycles. The number of ether oxygens (including phenoxy) is 1. The molecule has 7 nitrogen and oxygen atoms in total. The quantitative estimate of drug-likeness (QED) is 0.390. The summed E-state index contributed by atoms with van der Waals surface area (Å²) < 4.78 is 104. The molecular formula is C13H4ClF8N3O4. The second kappa shape index (κ2) is 7.13. The van der Waals surface area contributed by atoms with Crippen LogP contribution in [0.15, 0.2) is 29.3 Å². The standard InChI is InChI=1S/C13H4ClF8N3O4/c14-6-1-5(29-13(20,21)22)2-7(25(27)28)10(6)24-4-23-8(3-9(24)26)11(15,16)12(17,18)19/h1-4H. The van der Waals surface area contributed by atoms with E-state index < -0.39 is 56.8 Å². The molecule has 0 radical (unpaired) electrons. The average Bonchev–Trinajstić information content (AvgIpc) is 2.52. The zero-order valence-electron chi connectivity index (χ0n) is 13.2. The van der Waals surface area contributed by atoms with E-state index in [-0.39, 0.29) is 23.0 Å². The van der Waals surface area contributed by atoms with E-state index in [1.165, 1.54) is 0 Å². The summed E-state index contributed by atoms with van der Waals surface area (Å²) >= 11 is 5.65. The van der Waals surface area contributed by atoms with Gasteiger partial charge in [0.25, 0.3) is 11.2 Å². The van der Waals surface area contributed by atoms with E-state index in [9.17, 15) is 50.0 Å². The Bertz CT molecular complexity index is 1020. The summed E-state index contributed by atoms with van der Waals surface area (Å²) in [5.41, 5.74) is -5.81. The SMILES string of the molecule is O=c1cc(C(F)(F)C(F)(F)F)ncn1-c1c(Cl)cc(OC(F)(F)F)cc1[N+](=O)[O-]. The molecule has 0 saturated heterocycles. The summed E-state index contributed by atoms with van der Waals surface area (Å²) in [6, 6.07) is 0.398. The third-order valence-electron chi connectivity index (χ3n) is 3.18. The van der Waals surface area contributed by atoms with Crippen molar-refractivity contribution in [3.63, 3.8) is 0 Å². The lowest BCUT2D eigenvalue weighted by molar-refractivity contribution is -0.384. The average molecular weight is 454 g/mol. The number of halogens is 9. The number of alkyl halides is 8. The molecule has 0 atom stereocenters. The van der Waals surface area contributed by atoms with Gasteiger partial charge in [-0.15, -0.1) is 13.2 Å². The molecule has 0 saturated carbocycles. The molecular weight excluding hydrogens is 450 g/mol. The Labute approximate surface area is 158 Å². The van der Waals surface area contributed by atoms with Gasteiger partial charge >= 0.3 is 18.5 Å². The third kappa shape index (κ3) is 4.55. The van der Waals surface area contributed by atoms with E-state index in [4.69, 9.17) is 11.6 Å². The first-order valence-corrected chi connectivity index (χ1v) is 7.20. The summed E-state index contributed by atoms with van der Waals surface area (Å²) in [4.78, 5) is 24.6. The van der Waals surface area contributed by atoms with E-state index in [0.717, 1.165) is 0 Å². The lowest BCUT2D eigenvalue weighted by Gasteiger charge is -2.19. The van der Waals surface area contributed by atoms with Crippen LogP contribution in [0.3, 0.4) is 0 Å². The minimum absolute atomic E-state index is 0.0931. The Morgan fingerprint density at radius 1 is 1.07 bits per heavy atom. The molecule has 0 aliphatic carbocycles. The van der Waals surface area contributed by atoms with Crippen molar-refractivity contribution in [2.24, 2.45) is 0 Å². The predicted octanol–water partition coefficient (Wildman–Crippen LogP) is 4.35. The van der Waals surface area contributed by atoms with E-state index in [2.05, 4.69) is 9.72 Å². The molecule has 0 fully saturated rings. The lowest BCUT2D eigenvalue weighted by Crippen LogP contribution is -2.36. The van der Waals surface area contributed by atoms with Crippen LogP contribution in [0.2, 0.25) is 5.02 Å². The monoisotopic (exact) mass is 453 g/mol. The molecule has 0 aliphatic heterocycles. The molecule has 0 aliphatic rings. The Morgan fingerprint density at radius 3 is 2.10 bits per heavy atom. The smallest absolute Gasteiger partial charge is 0.405 e. The van der Waals surface area contributed by atoms with Crippen LogP contribution < -0.4 is 10.3 Å². The number of hydrogen-bond acceptors (Lipinski definition) is 5. The maximum Gasteiger partial charge on any atom is 0.573 e. The van der Waals surface area contributed by atoms with Crippen molar-refractivity contribution in [1.29, 1.82) is 0 Å². The Hall–Kier alpha value is -2.97. The molecule has 0 N–H and O–H groups in total. The van der Waals surface area contributed by atoms with Crippen molar-refractivity contribution in [1.82, 2.24) is 9.55 Å². The second-order valence-electron chi connectivity index (χ2n) is 5.13. The van der Waals surface area contributed by atoms with Crippen LogP contribution in [0, 0.1) is 10.1 Å². The van der Waals surface area contributed by atoms with Gasteiger partial charge in [0.05, 0.1) is 16.0 Å². The lowest BCUT2D eigenvalue weighted by atomic mass is 10.2.